The quantitative estimate of drug-likeness (QED) is 0.630. The third kappa shape index (κ3) is 4.84. The summed E-state index contributed by atoms with van der Waals surface area (Å²) in [6.45, 7) is 14.2. The molecule has 0 aliphatic heterocycles. The van der Waals surface area contributed by atoms with Gasteiger partial charge in [-0.25, -0.2) is 9.97 Å². The van der Waals surface area contributed by atoms with Gasteiger partial charge < -0.3 is 4.90 Å². The highest BCUT2D eigenvalue weighted by Gasteiger charge is 2.22. The fourth-order valence-corrected chi connectivity index (χ4v) is 2.85. The van der Waals surface area contributed by atoms with Gasteiger partial charge in [0.15, 0.2) is 0 Å². The Morgan fingerprint density at radius 1 is 1.10 bits per heavy atom. The minimum absolute atomic E-state index is 0.506. The SMILES string of the molecule is CCCc1nc(Cl)c(C)c(N(CC(C)C)C(CC)CC)n1. The van der Waals surface area contributed by atoms with Gasteiger partial charge in [-0.15, -0.1) is 0 Å². The maximum absolute atomic E-state index is 6.35. The van der Waals surface area contributed by atoms with Crippen molar-refractivity contribution in [2.45, 2.75) is 73.3 Å². The van der Waals surface area contributed by atoms with Crippen LogP contribution in [0.3, 0.4) is 0 Å². The van der Waals surface area contributed by atoms with E-state index < -0.39 is 0 Å². The molecular formula is C17H30ClN3. The van der Waals surface area contributed by atoms with Crippen LogP contribution in [0.5, 0.6) is 0 Å². The van der Waals surface area contributed by atoms with Crippen molar-refractivity contribution in [3.8, 4) is 0 Å². The summed E-state index contributed by atoms with van der Waals surface area (Å²) >= 11 is 6.35. The first-order valence-corrected chi connectivity index (χ1v) is 8.61. The third-order valence-corrected chi connectivity index (χ3v) is 4.17. The number of halogens is 1. The first-order chi connectivity index (χ1) is 9.94. The Labute approximate surface area is 135 Å². The predicted molar refractivity (Wildman–Crippen MR) is 92.3 cm³/mol. The van der Waals surface area contributed by atoms with Gasteiger partial charge >= 0.3 is 0 Å². The predicted octanol–water partition coefficient (Wildman–Crippen LogP) is 5.04. The van der Waals surface area contributed by atoms with Gasteiger partial charge in [-0.05, 0) is 32.1 Å². The minimum atomic E-state index is 0.506. The second kappa shape index (κ2) is 8.57. The fourth-order valence-electron chi connectivity index (χ4n) is 2.67. The zero-order valence-corrected chi connectivity index (χ0v) is 15.2. The summed E-state index contributed by atoms with van der Waals surface area (Å²) in [7, 11) is 0. The molecule has 0 spiro atoms. The van der Waals surface area contributed by atoms with Gasteiger partial charge in [-0.2, -0.15) is 0 Å². The van der Waals surface area contributed by atoms with E-state index in [0.29, 0.717) is 17.1 Å². The Bertz CT molecular complexity index is 442. The van der Waals surface area contributed by atoms with Crippen LogP contribution in [0, 0.1) is 12.8 Å². The van der Waals surface area contributed by atoms with Gasteiger partial charge in [0.25, 0.3) is 0 Å². The van der Waals surface area contributed by atoms with Crippen molar-refractivity contribution in [3.05, 3.63) is 16.5 Å². The molecule has 0 bridgehead atoms. The van der Waals surface area contributed by atoms with E-state index in [1.165, 1.54) is 0 Å². The van der Waals surface area contributed by atoms with E-state index in [4.69, 9.17) is 16.6 Å². The molecule has 0 fully saturated rings. The lowest BCUT2D eigenvalue weighted by atomic mass is 10.1. The molecule has 0 N–H and O–H groups in total. The number of aromatic nitrogens is 2. The zero-order valence-electron chi connectivity index (χ0n) is 14.4. The van der Waals surface area contributed by atoms with Gasteiger partial charge in [0.1, 0.15) is 16.8 Å². The lowest BCUT2D eigenvalue weighted by Crippen LogP contribution is -2.38. The second-order valence-electron chi connectivity index (χ2n) is 6.15. The number of hydrogen-bond acceptors (Lipinski definition) is 3. The molecule has 0 radical (unpaired) electrons. The molecule has 3 nitrogen and oxygen atoms in total. The number of anilines is 1. The van der Waals surface area contributed by atoms with Crippen molar-refractivity contribution >= 4 is 17.4 Å². The van der Waals surface area contributed by atoms with E-state index in [-0.39, 0.29) is 0 Å². The maximum Gasteiger partial charge on any atom is 0.137 e. The Morgan fingerprint density at radius 2 is 1.71 bits per heavy atom. The topological polar surface area (TPSA) is 29.0 Å². The number of rotatable bonds is 8. The molecule has 0 amide bonds. The van der Waals surface area contributed by atoms with Crippen molar-refractivity contribution in [1.29, 1.82) is 0 Å². The molecule has 1 aromatic rings. The molecule has 0 aromatic carbocycles. The molecule has 0 aliphatic carbocycles. The molecule has 1 aromatic heterocycles. The van der Waals surface area contributed by atoms with Gasteiger partial charge in [0, 0.05) is 24.6 Å². The van der Waals surface area contributed by atoms with Crippen LogP contribution in [-0.4, -0.2) is 22.6 Å². The van der Waals surface area contributed by atoms with Crippen LogP contribution < -0.4 is 4.90 Å². The van der Waals surface area contributed by atoms with Crippen molar-refractivity contribution in [2.24, 2.45) is 5.92 Å². The summed E-state index contributed by atoms with van der Waals surface area (Å²) in [6, 6.07) is 0.506. The molecule has 120 valence electrons. The number of aryl methyl sites for hydroxylation is 1. The monoisotopic (exact) mass is 311 g/mol. The van der Waals surface area contributed by atoms with E-state index in [1.807, 2.05) is 6.92 Å². The van der Waals surface area contributed by atoms with E-state index >= 15 is 0 Å². The lowest BCUT2D eigenvalue weighted by molar-refractivity contribution is 0.501. The number of nitrogens with zero attached hydrogens (tertiary/aromatic N) is 3. The minimum Gasteiger partial charge on any atom is -0.353 e. The van der Waals surface area contributed by atoms with Crippen LogP contribution in [-0.2, 0) is 6.42 Å². The molecule has 1 heterocycles. The van der Waals surface area contributed by atoms with Crippen molar-refractivity contribution in [1.82, 2.24) is 9.97 Å². The van der Waals surface area contributed by atoms with Gasteiger partial charge in [-0.3, -0.25) is 0 Å². The van der Waals surface area contributed by atoms with E-state index in [1.54, 1.807) is 0 Å². The average Bonchev–Trinajstić information content (AvgIpc) is 2.43. The highest BCUT2D eigenvalue weighted by molar-refractivity contribution is 6.30. The Balaban J connectivity index is 3.27. The normalized spacial score (nSPS) is 11.5. The molecule has 0 saturated heterocycles. The first kappa shape index (κ1) is 18.2. The van der Waals surface area contributed by atoms with Gasteiger partial charge in [0.05, 0.1) is 0 Å². The Morgan fingerprint density at radius 3 is 2.19 bits per heavy atom. The summed E-state index contributed by atoms with van der Waals surface area (Å²) in [5.41, 5.74) is 1.00. The van der Waals surface area contributed by atoms with Crippen LogP contribution in [0.15, 0.2) is 0 Å². The molecule has 4 heteroatoms. The smallest absolute Gasteiger partial charge is 0.137 e. The standard InChI is InChI=1S/C17H30ClN3/c1-7-10-15-19-16(18)13(6)17(20-15)21(11-12(4)5)14(8-2)9-3/h12,14H,7-11H2,1-6H3. The fraction of sp³-hybridized carbons (Fsp3) is 0.765. The largest absolute Gasteiger partial charge is 0.353 e. The first-order valence-electron chi connectivity index (χ1n) is 8.24. The molecule has 0 saturated carbocycles. The summed E-state index contributed by atoms with van der Waals surface area (Å²) < 4.78 is 0. The summed E-state index contributed by atoms with van der Waals surface area (Å²) in [5.74, 6) is 2.48. The molecular weight excluding hydrogens is 282 g/mol. The highest BCUT2D eigenvalue weighted by atomic mass is 35.5. The lowest BCUT2D eigenvalue weighted by Gasteiger charge is -2.34. The van der Waals surface area contributed by atoms with Gasteiger partial charge in [0.2, 0.25) is 0 Å². The zero-order chi connectivity index (χ0) is 16.0. The van der Waals surface area contributed by atoms with E-state index in [0.717, 1.165) is 49.4 Å². The van der Waals surface area contributed by atoms with Crippen molar-refractivity contribution in [3.63, 3.8) is 0 Å². The Kier molecular flexibility index (Phi) is 7.44. The van der Waals surface area contributed by atoms with Crippen LogP contribution in [0.25, 0.3) is 0 Å². The number of hydrogen-bond donors (Lipinski definition) is 0. The molecule has 0 unspecified atom stereocenters. The van der Waals surface area contributed by atoms with E-state index in [9.17, 15) is 0 Å². The summed E-state index contributed by atoms with van der Waals surface area (Å²) in [4.78, 5) is 11.7. The summed E-state index contributed by atoms with van der Waals surface area (Å²) in [5, 5.41) is 0.600. The molecule has 21 heavy (non-hydrogen) atoms. The third-order valence-electron chi connectivity index (χ3n) is 3.80. The van der Waals surface area contributed by atoms with Crippen LogP contribution in [0.4, 0.5) is 5.82 Å². The summed E-state index contributed by atoms with van der Waals surface area (Å²) in [6.07, 6.45) is 4.15. The van der Waals surface area contributed by atoms with E-state index in [2.05, 4.69) is 44.5 Å². The maximum atomic E-state index is 6.35. The van der Waals surface area contributed by atoms with Crippen LogP contribution >= 0.6 is 11.6 Å². The van der Waals surface area contributed by atoms with Crippen molar-refractivity contribution < 1.29 is 0 Å². The average molecular weight is 312 g/mol. The molecule has 0 aliphatic rings. The second-order valence-corrected chi connectivity index (χ2v) is 6.50. The Hall–Kier alpha value is -0.830. The van der Waals surface area contributed by atoms with Crippen molar-refractivity contribution in [2.75, 3.05) is 11.4 Å². The van der Waals surface area contributed by atoms with Crippen LogP contribution in [0.1, 0.15) is 65.3 Å². The van der Waals surface area contributed by atoms with Crippen LogP contribution in [0.2, 0.25) is 5.15 Å². The molecule has 0 atom stereocenters. The van der Waals surface area contributed by atoms with Gasteiger partial charge in [-0.1, -0.05) is 46.2 Å². The highest BCUT2D eigenvalue weighted by Crippen LogP contribution is 2.28. The molecule has 1 rings (SSSR count).